The van der Waals surface area contributed by atoms with Crippen molar-refractivity contribution in [3.05, 3.63) is 12.7 Å². The van der Waals surface area contributed by atoms with Crippen LogP contribution in [0.25, 0.3) is 0 Å². The summed E-state index contributed by atoms with van der Waals surface area (Å²) in [5, 5.41) is 0. The molecular weight excluding hydrogens is 220 g/mol. The maximum atomic E-state index is 5.48. The molecule has 0 aromatic heterocycles. The molecule has 0 saturated heterocycles. The van der Waals surface area contributed by atoms with Gasteiger partial charge in [0.15, 0.2) is 0 Å². The van der Waals surface area contributed by atoms with Crippen molar-refractivity contribution in [2.24, 2.45) is 17.8 Å². The summed E-state index contributed by atoms with van der Waals surface area (Å²) >= 11 is 0. The van der Waals surface area contributed by atoms with Gasteiger partial charge < -0.3 is 4.74 Å². The molecule has 0 aliphatic heterocycles. The molecule has 1 heteroatoms. The molecule has 0 heterocycles. The zero-order valence-corrected chi connectivity index (χ0v) is 12.1. The van der Waals surface area contributed by atoms with E-state index in [1.807, 2.05) is 7.11 Å². The first-order chi connectivity index (χ1) is 8.83. The zero-order chi connectivity index (χ0) is 12.8. The topological polar surface area (TPSA) is 9.23 Å². The van der Waals surface area contributed by atoms with Crippen LogP contribution in [0.3, 0.4) is 0 Å². The van der Waals surface area contributed by atoms with Crippen LogP contribution in [0.5, 0.6) is 0 Å². The molecule has 0 N–H and O–H groups in total. The first-order valence-corrected chi connectivity index (χ1v) is 7.97. The molecular formula is C17H30O. The van der Waals surface area contributed by atoms with Crippen molar-refractivity contribution < 1.29 is 4.74 Å². The fourth-order valence-electron chi connectivity index (χ4n) is 4.10. The molecule has 2 saturated carbocycles. The van der Waals surface area contributed by atoms with Crippen LogP contribution in [0.1, 0.15) is 64.2 Å². The lowest BCUT2D eigenvalue weighted by Gasteiger charge is -2.37. The van der Waals surface area contributed by atoms with Gasteiger partial charge in [0, 0.05) is 7.11 Å². The molecule has 0 amide bonds. The Hall–Kier alpha value is -0.300. The monoisotopic (exact) mass is 250 g/mol. The average Bonchev–Trinajstić information content (AvgIpc) is 2.46. The Morgan fingerprint density at radius 3 is 2.00 bits per heavy atom. The fourth-order valence-corrected chi connectivity index (χ4v) is 4.10. The van der Waals surface area contributed by atoms with Crippen molar-refractivity contribution in [3.63, 3.8) is 0 Å². The molecule has 2 aliphatic carbocycles. The van der Waals surface area contributed by atoms with E-state index in [1.54, 1.807) is 0 Å². The largest absolute Gasteiger partial charge is 0.381 e. The standard InChI is InChI=1S/C17H30O/c1-3-4-5-14-6-8-15(9-7-14)16-10-12-17(18-2)13-11-16/h3,14-17H,1,4-13H2,2H3. The molecule has 0 unspecified atom stereocenters. The summed E-state index contributed by atoms with van der Waals surface area (Å²) in [6, 6.07) is 0. The van der Waals surface area contributed by atoms with Gasteiger partial charge in [-0.3, -0.25) is 0 Å². The van der Waals surface area contributed by atoms with Gasteiger partial charge in [0.05, 0.1) is 6.10 Å². The molecule has 0 bridgehead atoms. The van der Waals surface area contributed by atoms with E-state index in [0.29, 0.717) is 6.10 Å². The fraction of sp³-hybridized carbons (Fsp3) is 0.882. The normalized spacial score (nSPS) is 37.4. The van der Waals surface area contributed by atoms with Crippen molar-refractivity contribution in [2.45, 2.75) is 70.3 Å². The van der Waals surface area contributed by atoms with Crippen LogP contribution in [-0.2, 0) is 4.74 Å². The molecule has 18 heavy (non-hydrogen) atoms. The molecule has 2 rings (SSSR count). The molecule has 0 aromatic rings. The van der Waals surface area contributed by atoms with E-state index in [4.69, 9.17) is 4.74 Å². The molecule has 2 fully saturated rings. The molecule has 2 aliphatic rings. The Balaban J connectivity index is 1.68. The molecule has 0 spiro atoms. The number of hydrogen-bond acceptors (Lipinski definition) is 1. The van der Waals surface area contributed by atoms with Gasteiger partial charge in [-0.15, -0.1) is 6.58 Å². The molecule has 104 valence electrons. The highest BCUT2D eigenvalue weighted by atomic mass is 16.5. The number of hydrogen-bond donors (Lipinski definition) is 0. The minimum Gasteiger partial charge on any atom is -0.381 e. The summed E-state index contributed by atoms with van der Waals surface area (Å²) in [4.78, 5) is 0. The second-order valence-electron chi connectivity index (χ2n) is 6.42. The Kier molecular flexibility index (Phi) is 5.75. The van der Waals surface area contributed by atoms with Gasteiger partial charge in [0.1, 0.15) is 0 Å². The smallest absolute Gasteiger partial charge is 0.0571 e. The van der Waals surface area contributed by atoms with E-state index in [0.717, 1.165) is 17.8 Å². The highest BCUT2D eigenvalue weighted by Gasteiger charge is 2.30. The molecule has 1 nitrogen and oxygen atoms in total. The van der Waals surface area contributed by atoms with Crippen LogP contribution >= 0.6 is 0 Å². The van der Waals surface area contributed by atoms with Crippen molar-refractivity contribution in [2.75, 3.05) is 7.11 Å². The number of methoxy groups -OCH3 is 1. The van der Waals surface area contributed by atoms with Crippen LogP contribution in [0.15, 0.2) is 12.7 Å². The predicted molar refractivity (Wildman–Crippen MR) is 77.6 cm³/mol. The van der Waals surface area contributed by atoms with E-state index in [-0.39, 0.29) is 0 Å². The predicted octanol–water partition coefficient (Wildman–Crippen LogP) is 4.96. The summed E-state index contributed by atoms with van der Waals surface area (Å²) in [5.74, 6) is 3.04. The van der Waals surface area contributed by atoms with E-state index in [2.05, 4.69) is 12.7 Å². The van der Waals surface area contributed by atoms with E-state index in [9.17, 15) is 0 Å². The first kappa shape index (κ1) is 14.1. The first-order valence-electron chi connectivity index (χ1n) is 7.97. The third-order valence-electron chi connectivity index (χ3n) is 5.39. The molecule has 0 atom stereocenters. The number of allylic oxidation sites excluding steroid dienone is 1. The van der Waals surface area contributed by atoms with Crippen molar-refractivity contribution in [1.82, 2.24) is 0 Å². The Morgan fingerprint density at radius 1 is 0.944 bits per heavy atom. The summed E-state index contributed by atoms with van der Waals surface area (Å²) in [6.07, 6.45) is 16.6. The van der Waals surface area contributed by atoms with Gasteiger partial charge >= 0.3 is 0 Å². The van der Waals surface area contributed by atoms with Gasteiger partial charge in [-0.25, -0.2) is 0 Å². The lowest BCUT2D eigenvalue weighted by Crippen LogP contribution is -2.28. The highest BCUT2D eigenvalue weighted by Crippen LogP contribution is 2.41. The van der Waals surface area contributed by atoms with Crippen LogP contribution in [0, 0.1) is 17.8 Å². The Morgan fingerprint density at radius 2 is 1.50 bits per heavy atom. The van der Waals surface area contributed by atoms with Gasteiger partial charge in [0.2, 0.25) is 0 Å². The summed E-state index contributed by atoms with van der Waals surface area (Å²) < 4.78 is 5.48. The minimum atomic E-state index is 0.560. The average molecular weight is 250 g/mol. The van der Waals surface area contributed by atoms with Crippen LogP contribution < -0.4 is 0 Å². The van der Waals surface area contributed by atoms with Gasteiger partial charge in [-0.2, -0.15) is 0 Å². The van der Waals surface area contributed by atoms with Crippen molar-refractivity contribution >= 4 is 0 Å². The second-order valence-corrected chi connectivity index (χ2v) is 6.42. The molecule has 0 aromatic carbocycles. The lowest BCUT2D eigenvalue weighted by atomic mass is 9.70. The van der Waals surface area contributed by atoms with Crippen LogP contribution in [0.4, 0.5) is 0 Å². The van der Waals surface area contributed by atoms with E-state index in [1.165, 1.54) is 64.2 Å². The van der Waals surface area contributed by atoms with E-state index < -0.39 is 0 Å². The Labute approximate surface area is 113 Å². The summed E-state index contributed by atoms with van der Waals surface area (Å²) in [5.41, 5.74) is 0. The zero-order valence-electron chi connectivity index (χ0n) is 12.1. The third kappa shape index (κ3) is 3.85. The van der Waals surface area contributed by atoms with Crippen molar-refractivity contribution in [3.8, 4) is 0 Å². The quantitative estimate of drug-likeness (QED) is 0.626. The van der Waals surface area contributed by atoms with Crippen LogP contribution in [-0.4, -0.2) is 13.2 Å². The lowest BCUT2D eigenvalue weighted by molar-refractivity contribution is 0.0392. The van der Waals surface area contributed by atoms with Gasteiger partial charge in [-0.05, 0) is 69.1 Å². The minimum absolute atomic E-state index is 0.560. The molecule has 0 radical (unpaired) electrons. The van der Waals surface area contributed by atoms with Crippen molar-refractivity contribution in [1.29, 1.82) is 0 Å². The number of ether oxygens (including phenoxy) is 1. The summed E-state index contributed by atoms with van der Waals surface area (Å²) in [6.45, 7) is 3.84. The summed E-state index contributed by atoms with van der Waals surface area (Å²) in [7, 11) is 1.87. The van der Waals surface area contributed by atoms with Gasteiger partial charge in [-0.1, -0.05) is 18.9 Å². The maximum Gasteiger partial charge on any atom is 0.0571 e. The Bertz CT molecular complexity index is 232. The second kappa shape index (κ2) is 7.33. The third-order valence-corrected chi connectivity index (χ3v) is 5.39. The van der Waals surface area contributed by atoms with Gasteiger partial charge in [0.25, 0.3) is 0 Å². The van der Waals surface area contributed by atoms with E-state index >= 15 is 0 Å². The maximum absolute atomic E-state index is 5.48. The number of rotatable bonds is 5. The SMILES string of the molecule is C=CCCC1CCC(C2CCC(OC)CC2)CC1. The highest BCUT2D eigenvalue weighted by molar-refractivity contribution is 4.83. The van der Waals surface area contributed by atoms with Crippen LogP contribution in [0.2, 0.25) is 0 Å².